The molecule has 1 aliphatic heterocycles. The van der Waals surface area contributed by atoms with Crippen LogP contribution in [0.15, 0.2) is 36.5 Å². The number of aromatic nitrogens is 3. The third-order valence-corrected chi connectivity index (χ3v) is 7.72. The van der Waals surface area contributed by atoms with E-state index in [2.05, 4.69) is 38.0 Å². The largest absolute Gasteiger partial charge is 0.496 e. The summed E-state index contributed by atoms with van der Waals surface area (Å²) in [5.41, 5.74) is 6.24. The number of aryl methyl sites for hydroxylation is 4. The number of hydrogen-bond donors (Lipinski definition) is 2. The van der Waals surface area contributed by atoms with E-state index >= 15 is 0 Å². The van der Waals surface area contributed by atoms with Gasteiger partial charge in [0.25, 0.3) is 5.91 Å². The van der Waals surface area contributed by atoms with Crippen molar-refractivity contribution in [3.63, 3.8) is 0 Å². The summed E-state index contributed by atoms with van der Waals surface area (Å²) in [6.45, 7) is 7.27. The van der Waals surface area contributed by atoms with Crippen molar-refractivity contribution in [2.75, 3.05) is 26.8 Å². The van der Waals surface area contributed by atoms with Crippen molar-refractivity contribution >= 4 is 11.8 Å². The molecule has 0 saturated heterocycles. The highest BCUT2D eigenvalue weighted by Crippen LogP contribution is 2.31. The van der Waals surface area contributed by atoms with Crippen LogP contribution >= 0.6 is 0 Å². The van der Waals surface area contributed by atoms with Gasteiger partial charge in [-0.3, -0.25) is 19.2 Å². The fourth-order valence-electron chi connectivity index (χ4n) is 5.52. The second-order valence-electron chi connectivity index (χ2n) is 11.0. The summed E-state index contributed by atoms with van der Waals surface area (Å²) in [5.74, 6) is 0.861. The van der Waals surface area contributed by atoms with Crippen molar-refractivity contribution < 1.29 is 19.1 Å². The second kappa shape index (κ2) is 13.2. The third-order valence-electron chi connectivity index (χ3n) is 7.72. The van der Waals surface area contributed by atoms with Crippen LogP contribution in [-0.4, -0.2) is 64.6 Å². The lowest BCUT2D eigenvalue weighted by Gasteiger charge is -2.23. The summed E-state index contributed by atoms with van der Waals surface area (Å²) in [5, 5.41) is 14.6. The lowest BCUT2D eigenvalue weighted by molar-refractivity contribution is -0.122. The van der Waals surface area contributed by atoms with E-state index in [1.54, 1.807) is 20.1 Å². The molecule has 1 aromatic heterocycles. The van der Waals surface area contributed by atoms with Crippen LogP contribution in [0.4, 0.5) is 0 Å². The highest BCUT2D eigenvalue weighted by atomic mass is 16.5. The number of amides is 2. The number of nitrogens with one attached hydrogen (secondary N) is 2. The van der Waals surface area contributed by atoms with Gasteiger partial charge in [-0.2, -0.15) is 0 Å². The van der Waals surface area contributed by atoms with Gasteiger partial charge in [0.2, 0.25) is 5.91 Å². The molecule has 0 radical (unpaired) electrons. The number of carbonyl (C=O) groups excluding carboxylic acids is 2. The Morgan fingerprint density at radius 1 is 1.07 bits per heavy atom. The van der Waals surface area contributed by atoms with E-state index in [-0.39, 0.29) is 11.8 Å². The number of methoxy groups -OCH3 is 1. The van der Waals surface area contributed by atoms with E-state index < -0.39 is 6.04 Å². The van der Waals surface area contributed by atoms with Crippen molar-refractivity contribution in [2.24, 2.45) is 0 Å². The van der Waals surface area contributed by atoms with Crippen molar-refractivity contribution in [2.45, 2.75) is 71.6 Å². The Hall–Kier alpha value is -3.92. The van der Waals surface area contributed by atoms with Crippen LogP contribution in [-0.2, 0) is 37.3 Å². The standard InChI is InChI=1S/C31H40N6O4/c1-21-9-10-27-29(15-21)41-14-6-13-37-20-26(34-35-37)19-36(12-5-11-32-30(38)22(2)33-31(27)39)18-25-16-23-7-4-8-24(23)17-28(25)40-3/h9-10,15-17,20,22H,4-8,11-14,18-19H2,1-3H3,(H,32,38)(H,33,39)/t22-/m1/s1. The van der Waals surface area contributed by atoms with Crippen molar-refractivity contribution in [1.82, 2.24) is 30.5 Å². The van der Waals surface area contributed by atoms with Crippen LogP contribution in [0.3, 0.4) is 0 Å². The monoisotopic (exact) mass is 560 g/mol. The minimum atomic E-state index is -0.681. The van der Waals surface area contributed by atoms with E-state index in [0.29, 0.717) is 50.5 Å². The smallest absolute Gasteiger partial charge is 0.255 e. The molecule has 5 rings (SSSR count). The number of carbonyl (C=O) groups is 2. The first-order valence-corrected chi connectivity index (χ1v) is 14.5. The van der Waals surface area contributed by atoms with Crippen LogP contribution < -0.4 is 20.1 Å². The summed E-state index contributed by atoms with van der Waals surface area (Å²) < 4.78 is 13.6. The summed E-state index contributed by atoms with van der Waals surface area (Å²) in [7, 11) is 1.73. The topological polar surface area (TPSA) is 111 Å². The fourth-order valence-corrected chi connectivity index (χ4v) is 5.52. The summed E-state index contributed by atoms with van der Waals surface area (Å²) >= 11 is 0. The normalized spacial score (nSPS) is 19.0. The maximum absolute atomic E-state index is 13.0. The highest BCUT2D eigenvalue weighted by Gasteiger charge is 2.21. The molecule has 0 saturated carbocycles. The zero-order valence-corrected chi connectivity index (χ0v) is 24.2. The van der Waals surface area contributed by atoms with E-state index in [1.807, 2.05) is 29.9 Å². The molecule has 0 spiro atoms. The first-order valence-electron chi connectivity index (χ1n) is 14.5. The van der Waals surface area contributed by atoms with Gasteiger partial charge < -0.3 is 20.1 Å². The van der Waals surface area contributed by atoms with Crippen molar-refractivity contribution in [3.05, 3.63) is 70.0 Å². The average molecular weight is 561 g/mol. The quantitative estimate of drug-likeness (QED) is 0.506. The van der Waals surface area contributed by atoms with Crippen LogP contribution in [0.2, 0.25) is 0 Å². The molecule has 10 nitrogen and oxygen atoms in total. The second-order valence-corrected chi connectivity index (χ2v) is 11.0. The van der Waals surface area contributed by atoms with Crippen molar-refractivity contribution in [1.29, 1.82) is 0 Å². The summed E-state index contributed by atoms with van der Waals surface area (Å²) in [4.78, 5) is 28.1. The number of rotatable bonds is 3. The van der Waals surface area contributed by atoms with E-state index in [9.17, 15) is 9.59 Å². The molecule has 41 heavy (non-hydrogen) atoms. The van der Waals surface area contributed by atoms with E-state index in [0.717, 1.165) is 48.4 Å². The third kappa shape index (κ3) is 7.24. The van der Waals surface area contributed by atoms with Gasteiger partial charge in [0.05, 0.1) is 25.0 Å². The Kier molecular flexibility index (Phi) is 9.18. The molecule has 2 aliphatic rings. The molecule has 10 heteroatoms. The van der Waals surface area contributed by atoms with Gasteiger partial charge in [0, 0.05) is 50.9 Å². The number of nitrogens with zero attached hydrogens (tertiary/aromatic N) is 4. The maximum atomic E-state index is 13.0. The molecule has 2 aromatic carbocycles. The van der Waals surface area contributed by atoms with Gasteiger partial charge in [0.1, 0.15) is 17.5 Å². The van der Waals surface area contributed by atoms with Gasteiger partial charge >= 0.3 is 0 Å². The molecule has 0 unspecified atom stereocenters. The number of ether oxygens (including phenoxy) is 2. The molecule has 1 aliphatic carbocycles. The Balaban J connectivity index is 1.33. The predicted octanol–water partition coefficient (Wildman–Crippen LogP) is 3.19. The zero-order valence-electron chi connectivity index (χ0n) is 24.2. The lowest BCUT2D eigenvalue weighted by atomic mass is 10.0. The Morgan fingerprint density at radius 3 is 2.73 bits per heavy atom. The average Bonchev–Trinajstić information content (AvgIpc) is 3.61. The minimum absolute atomic E-state index is 0.222. The van der Waals surface area contributed by atoms with Gasteiger partial charge in [-0.1, -0.05) is 17.3 Å². The lowest BCUT2D eigenvalue weighted by Crippen LogP contribution is -2.45. The molecule has 3 aromatic rings. The summed E-state index contributed by atoms with van der Waals surface area (Å²) in [6.07, 6.45) is 6.82. The van der Waals surface area contributed by atoms with Gasteiger partial charge in [-0.25, -0.2) is 0 Å². The van der Waals surface area contributed by atoms with E-state index in [1.165, 1.54) is 17.5 Å². The Bertz CT molecular complexity index is 1390. The molecular formula is C31H40N6O4. The van der Waals surface area contributed by atoms with Crippen molar-refractivity contribution in [3.8, 4) is 11.5 Å². The molecule has 2 amide bonds. The van der Waals surface area contributed by atoms with Gasteiger partial charge in [-0.05, 0) is 74.4 Å². The minimum Gasteiger partial charge on any atom is -0.496 e. The number of fused-ring (bicyclic) bond motifs is 4. The van der Waals surface area contributed by atoms with E-state index in [4.69, 9.17) is 9.47 Å². The molecular weight excluding hydrogens is 520 g/mol. The molecule has 2 bridgehead atoms. The van der Waals surface area contributed by atoms with Crippen LogP contribution in [0.25, 0.3) is 0 Å². The highest BCUT2D eigenvalue weighted by molar-refractivity contribution is 5.99. The maximum Gasteiger partial charge on any atom is 0.255 e. The molecule has 2 heterocycles. The molecule has 1 atom stereocenters. The van der Waals surface area contributed by atoms with Crippen LogP contribution in [0, 0.1) is 6.92 Å². The van der Waals surface area contributed by atoms with Crippen LogP contribution in [0.5, 0.6) is 11.5 Å². The Morgan fingerprint density at radius 2 is 1.90 bits per heavy atom. The first-order chi connectivity index (χ1) is 19.9. The molecule has 0 fully saturated rings. The first kappa shape index (κ1) is 28.6. The Labute approximate surface area is 241 Å². The SMILES string of the molecule is COc1cc2c(cc1CN1CCCNC(=O)[C@@H](C)NC(=O)c3ccc(C)cc3OCCCn3cc(nn3)C1)CCC2. The van der Waals surface area contributed by atoms with Gasteiger partial charge in [0.15, 0.2) is 0 Å². The summed E-state index contributed by atoms with van der Waals surface area (Å²) in [6, 6.07) is 9.25. The van der Waals surface area contributed by atoms with Crippen LogP contribution in [0.1, 0.15) is 64.5 Å². The van der Waals surface area contributed by atoms with Gasteiger partial charge in [-0.15, -0.1) is 5.10 Å². The number of benzene rings is 2. The zero-order chi connectivity index (χ0) is 28.8. The fraction of sp³-hybridized carbons (Fsp3) is 0.484. The number of hydrogen-bond acceptors (Lipinski definition) is 7. The molecule has 2 N–H and O–H groups in total. The predicted molar refractivity (Wildman–Crippen MR) is 155 cm³/mol. The molecule has 218 valence electrons.